The molecular weight excluding hydrogens is 252 g/mol. The van der Waals surface area contributed by atoms with E-state index in [1.54, 1.807) is 0 Å². The van der Waals surface area contributed by atoms with E-state index in [2.05, 4.69) is 36.5 Å². The zero-order valence-electron chi connectivity index (χ0n) is 12.9. The first-order valence-corrected chi connectivity index (χ1v) is 7.05. The third-order valence-corrected chi connectivity index (χ3v) is 2.91. The molecule has 3 N–H and O–H groups in total. The van der Waals surface area contributed by atoms with E-state index >= 15 is 0 Å². The minimum Gasteiger partial charge on any atom is -0.444 e. The van der Waals surface area contributed by atoms with Crippen molar-refractivity contribution in [1.82, 2.24) is 5.32 Å². The molecule has 0 bridgehead atoms. The summed E-state index contributed by atoms with van der Waals surface area (Å²) in [5.74, 6) is 0. The summed E-state index contributed by atoms with van der Waals surface area (Å²) in [6.07, 6.45) is 1.29. The molecule has 1 aromatic rings. The first-order chi connectivity index (χ1) is 9.30. The fourth-order valence-electron chi connectivity index (χ4n) is 1.82. The number of amides is 1. The van der Waals surface area contributed by atoms with Gasteiger partial charge in [-0.3, -0.25) is 0 Å². The van der Waals surface area contributed by atoms with Crippen LogP contribution in [0.25, 0.3) is 0 Å². The van der Waals surface area contributed by atoms with Gasteiger partial charge in [0.1, 0.15) is 5.60 Å². The van der Waals surface area contributed by atoms with E-state index in [1.807, 2.05) is 20.8 Å². The molecule has 4 nitrogen and oxygen atoms in total. The minimum absolute atomic E-state index is 0.0637. The Bertz CT molecular complexity index is 421. The molecule has 0 saturated heterocycles. The van der Waals surface area contributed by atoms with E-state index in [0.717, 1.165) is 12.8 Å². The van der Waals surface area contributed by atoms with Crippen molar-refractivity contribution in [1.29, 1.82) is 0 Å². The molecule has 1 aromatic carbocycles. The van der Waals surface area contributed by atoms with Crippen LogP contribution in [0.15, 0.2) is 24.3 Å². The Morgan fingerprint density at radius 3 is 2.40 bits per heavy atom. The standard InChI is InChI=1S/C16H26N2O2/c1-12-5-7-13(8-6-12)9-10-14(11-17)18-15(19)20-16(2,3)4/h5-8,14H,9-11,17H2,1-4H3,(H,18,19). The van der Waals surface area contributed by atoms with Gasteiger partial charge in [0, 0.05) is 12.6 Å². The second-order valence-electron chi connectivity index (χ2n) is 6.10. The zero-order valence-corrected chi connectivity index (χ0v) is 12.9. The van der Waals surface area contributed by atoms with Crippen molar-refractivity contribution in [3.05, 3.63) is 35.4 Å². The number of ether oxygens (including phenoxy) is 1. The fourth-order valence-corrected chi connectivity index (χ4v) is 1.82. The van der Waals surface area contributed by atoms with Gasteiger partial charge in [0.15, 0.2) is 0 Å². The second-order valence-corrected chi connectivity index (χ2v) is 6.10. The van der Waals surface area contributed by atoms with Crippen molar-refractivity contribution in [2.24, 2.45) is 5.73 Å². The van der Waals surface area contributed by atoms with Gasteiger partial charge in [-0.25, -0.2) is 4.79 Å². The average Bonchev–Trinajstić information content (AvgIpc) is 2.34. The van der Waals surface area contributed by atoms with E-state index in [1.165, 1.54) is 11.1 Å². The first kappa shape index (κ1) is 16.5. The van der Waals surface area contributed by atoms with Crippen molar-refractivity contribution < 1.29 is 9.53 Å². The maximum atomic E-state index is 11.7. The van der Waals surface area contributed by atoms with Crippen LogP contribution in [-0.2, 0) is 11.2 Å². The lowest BCUT2D eigenvalue weighted by Crippen LogP contribution is -2.43. The molecule has 0 aliphatic heterocycles. The molecule has 0 saturated carbocycles. The van der Waals surface area contributed by atoms with Gasteiger partial charge < -0.3 is 15.8 Å². The number of carbonyl (C=O) groups excluding carboxylic acids is 1. The van der Waals surface area contributed by atoms with Crippen LogP contribution in [0.2, 0.25) is 0 Å². The number of rotatable bonds is 5. The molecule has 0 spiro atoms. The van der Waals surface area contributed by atoms with E-state index in [0.29, 0.717) is 6.54 Å². The van der Waals surface area contributed by atoms with Gasteiger partial charge in [0.05, 0.1) is 0 Å². The number of aryl methyl sites for hydroxylation is 2. The Balaban J connectivity index is 2.43. The highest BCUT2D eigenvalue weighted by Crippen LogP contribution is 2.09. The van der Waals surface area contributed by atoms with Crippen LogP contribution in [0, 0.1) is 6.92 Å². The Labute approximate surface area is 121 Å². The van der Waals surface area contributed by atoms with Gasteiger partial charge in [-0.2, -0.15) is 0 Å². The molecular formula is C16H26N2O2. The lowest BCUT2D eigenvalue weighted by Gasteiger charge is -2.23. The minimum atomic E-state index is -0.486. The number of hydrogen-bond acceptors (Lipinski definition) is 3. The topological polar surface area (TPSA) is 64.3 Å². The molecule has 0 aromatic heterocycles. The molecule has 0 heterocycles. The summed E-state index contributed by atoms with van der Waals surface area (Å²) in [6.45, 7) is 8.00. The summed E-state index contributed by atoms with van der Waals surface area (Å²) in [7, 11) is 0. The number of benzene rings is 1. The summed E-state index contributed by atoms with van der Waals surface area (Å²) in [4.78, 5) is 11.7. The Kier molecular flexibility index (Phi) is 6.02. The monoisotopic (exact) mass is 278 g/mol. The van der Waals surface area contributed by atoms with E-state index in [9.17, 15) is 4.79 Å². The lowest BCUT2D eigenvalue weighted by molar-refractivity contribution is 0.0503. The number of alkyl carbamates (subject to hydrolysis) is 1. The van der Waals surface area contributed by atoms with Crippen LogP contribution in [0.3, 0.4) is 0 Å². The van der Waals surface area contributed by atoms with Gasteiger partial charge in [-0.15, -0.1) is 0 Å². The van der Waals surface area contributed by atoms with Crippen molar-refractivity contribution in [2.45, 2.75) is 52.2 Å². The van der Waals surface area contributed by atoms with Crippen LogP contribution >= 0.6 is 0 Å². The fraction of sp³-hybridized carbons (Fsp3) is 0.562. The predicted octanol–water partition coefficient (Wildman–Crippen LogP) is 2.78. The molecule has 0 radical (unpaired) electrons. The third kappa shape index (κ3) is 6.57. The summed E-state index contributed by atoms with van der Waals surface area (Å²) in [6, 6.07) is 8.33. The average molecular weight is 278 g/mol. The SMILES string of the molecule is Cc1ccc(CCC(CN)NC(=O)OC(C)(C)C)cc1. The molecule has 4 heteroatoms. The molecule has 1 unspecified atom stereocenters. The Morgan fingerprint density at radius 1 is 1.30 bits per heavy atom. The van der Waals surface area contributed by atoms with E-state index in [4.69, 9.17) is 10.5 Å². The molecule has 1 atom stereocenters. The van der Waals surface area contributed by atoms with Gasteiger partial charge in [-0.05, 0) is 46.1 Å². The smallest absolute Gasteiger partial charge is 0.407 e. The van der Waals surface area contributed by atoms with Gasteiger partial charge in [-0.1, -0.05) is 29.8 Å². The Morgan fingerprint density at radius 2 is 1.90 bits per heavy atom. The van der Waals surface area contributed by atoms with Crippen LogP contribution in [0.1, 0.15) is 38.3 Å². The molecule has 112 valence electrons. The van der Waals surface area contributed by atoms with E-state index < -0.39 is 11.7 Å². The molecule has 0 aliphatic carbocycles. The number of carbonyl (C=O) groups is 1. The summed E-state index contributed by atoms with van der Waals surface area (Å²) in [5.41, 5.74) is 7.71. The highest BCUT2D eigenvalue weighted by atomic mass is 16.6. The molecule has 0 fully saturated rings. The van der Waals surface area contributed by atoms with Crippen molar-refractivity contribution in [2.75, 3.05) is 6.54 Å². The summed E-state index contributed by atoms with van der Waals surface area (Å²) < 4.78 is 5.23. The normalized spacial score (nSPS) is 12.8. The molecule has 1 rings (SSSR count). The highest BCUT2D eigenvalue weighted by Gasteiger charge is 2.18. The predicted molar refractivity (Wildman–Crippen MR) is 81.7 cm³/mol. The molecule has 20 heavy (non-hydrogen) atoms. The van der Waals surface area contributed by atoms with Crippen molar-refractivity contribution in [3.8, 4) is 0 Å². The summed E-state index contributed by atoms with van der Waals surface area (Å²) >= 11 is 0. The van der Waals surface area contributed by atoms with E-state index in [-0.39, 0.29) is 6.04 Å². The van der Waals surface area contributed by atoms with Crippen molar-refractivity contribution >= 4 is 6.09 Å². The van der Waals surface area contributed by atoms with Crippen LogP contribution in [0.4, 0.5) is 4.79 Å². The maximum absolute atomic E-state index is 11.7. The van der Waals surface area contributed by atoms with Crippen LogP contribution < -0.4 is 11.1 Å². The van der Waals surface area contributed by atoms with Crippen LogP contribution in [0.5, 0.6) is 0 Å². The summed E-state index contributed by atoms with van der Waals surface area (Å²) in [5, 5.41) is 2.82. The first-order valence-electron chi connectivity index (χ1n) is 7.05. The van der Waals surface area contributed by atoms with Gasteiger partial charge >= 0.3 is 6.09 Å². The van der Waals surface area contributed by atoms with Crippen LogP contribution in [-0.4, -0.2) is 24.3 Å². The Hall–Kier alpha value is -1.55. The third-order valence-electron chi connectivity index (χ3n) is 2.91. The van der Waals surface area contributed by atoms with Gasteiger partial charge in [0.2, 0.25) is 0 Å². The molecule has 0 aliphatic rings. The second kappa shape index (κ2) is 7.29. The largest absolute Gasteiger partial charge is 0.444 e. The zero-order chi connectivity index (χ0) is 15.2. The number of nitrogens with two attached hydrogens (primary N) is 1. The molecule has 1 amide bonds. The van der Waals surface area contributed by atoms with Crippen molar-refractivity contribution in [3.63, 3.8) is 0 Å². The quantitative estimate of drug-likeness (QED) is 0.870. The highest BCUT2D eigenvalue weighted by molar-refractivity contribution is 5.68. The maximum Gasteiger partial charge on any atom is 0.407 e. The van der Waals surface area contributed by atoms with Gasteiger partial charge in [0.25, 0.3) is 0 Å². The number of hydrogen-bond donors (Lipinski definition) is 2. The number of nitrogens with one attached hydrogen (secondary N) is 1. The lowest BCUT2D eigenvalue weighted by atomic mass is 10.0.